The Bertz CT molecular complexity index is 824. The van der Waals surface area contributed by atoms with E-state index in [1.165, 1.54) is 17.2 Å². The van der Waals surface area contributed by atoms with Crippen molar-refractivity contribution in [3.63, 3.8) is 0 Å². The van der Waals surface area contributed by atoms with Crippen molar-refractivity contribution < 1.29 is 14.6 Å². The lowest BCUT2D eigenvalue weighted by Gasteiger charge is -2.26. The molecule has 0 radical (unpaired) electrons. The smallest absolute Gasteiger partial charge is 0.347 e. The Morgan fingerprint density at radius 2 is 1.81 bits per heavy atom. The fraction of sp³-hybridized carbons (Fsp3) is 0.471. The summed E-state index contributed by atoms with van der Waals surface area (Å²) in [6.07, 6.45) is 0. The number of carbonyl (C=O) groups is 1. The fourth-order valence-electron chi connectivity index (χ4n) is 2.87. The maximum Gasteiger partial charge on any atom is 0.347 e. The van der Waals surface area contributed by atoms with E-state index < -0.39 is 17.7 Å². The summed E-state index contributed by atoms with van der Waals surface area (Å²) < 4.78 is 7.95. The van der Waals surface area contributed by atoms with Crippen molar-refractivity contribution in [3.8, 4) is 0 Å². The third-order valence-corrected chi connectivity index (χ3v) is 4.98. The predicted molar refractivity (Wildman–Crippen MR) is 98.2 cm³/mol. The molecule has 1 atom stereocenters. The molecule has 1 aromatic carbocycles. The standard InChI is InChI=1S/C17H21BrN4O4/c1-12(15(23)24)22-16(18)19-21(17(22)25)11-14-4-2-13(3-5-14)10-20-6-8-26-9-7-20/h2-5,12H,6-11H2,1H3,(H,23,24)/t12-/m1/s1. The number of carboxylic acids is 1. The number of aliphatic carboxylic acids is 1. The molecule has 0 saturated carbocycles. The molecule has 0 aliphatic carbocycles. The number of carboxylic acid groups (broad SMARTS) is 1. The molecule has 1 fully saturated rings. The number of ether oxygens (including phenoxy) is 1. The number of halogens is 1. The van der Waals surface area contributed by atoms with Gasteiger partial charge in [-0.2, -0.15) is 0 Å². The molecule has 9 heteroatoms. The Morgan fingerprint density at radius 1 is 1.23 bits per heavy atom. The Labute approximate surface area is 159 Å². The molecular weight excluding hydrogens is 404 g/mol. The fourth-order valence-corrected chi connectivity index (χ4v) is 3.52. The summed E-state index contributed by atoms with van der Waals surface area (Å²) in [5.74, 6) is -1.08. The topological polar surface area (TPSA) is 89.6 Å². The van der Waals surface area contributed by atoms with Gasteiger partial charge in [0.25, 0.3) is 0 Å². The minimum absolute atomic E-state index is 0.210. The third kappa shape index (κ3) is 4.22. The highest BCUT2D eigenvalue weighted by Crippen LogP contribution is 2.13. The van der Waals surface area contributed by atoms with Crippen LogP contribution in [0, 0.1) is 0 Å². The second-order valence-electron chi connectivity index (χ2n) is 6.30. The van der Waals surface area contributed by atoms with Crippen LogP contribution in [0.3, 0.4) is 0 Å². The van der Waals surface area contributed by atoms with Crippen molar-refractivity contribution in [3.05, 3.63) is 50.6 Å². The van der Waals surface area contributed by atoms with Crippen molar-refractivity contribution in [2.24, 2.45) is 0 Å². The SMILES string of the molecule is C[C@H](C(=O)O)n1c(Br)nn(Cc2ccc(CN3CCOCC3)cc2)c1=O. The summed E-state index contributed by atoms with van der Waals surface area (Å²) in [7, 11) is 0. The van der Waals surface area contributed by atoms with Gasteiger partial charge >= 0.3 is 11.7 Å². The van der Waals surface area contributed by atoms with Crippen LogP contribution in [0.5, 0.6) is 0 Å². The highest BCUT2D eigenvalue weighted by Gasteiger charge is 2.21. The van der Waals surface area contributed by atoms with Gasteiger partial charge in [0.05, 0.1) is 19.8 Å². The van der Waals surface area contributed by atoms with Crippen molar-refractivity contribution in [2.45, 2.75) is 26.1 Å². The molecule has 0 spiro atoms. The highest BCUT2D eigenvalue weighted by molar-refractivity contribution is 9.10. The van der Waals surface area contributed by atoms with Crippen LogP contribution in [0.4, 0.5) is 0 Å². The van der Waals surface area contributed by atoms with Crippen molar-refractivity contribution in [1.82, 2.24) is 19.2 Å². The van der Waals surface area contributed by atoms with E-state index in [2.05, 4.69) is 25.9 Å². The van der Waals surface area contributed by atoms with Crippen LogP contribution >= 0.6 is 15.9 Å². The first kappa shape index (κ1) is 18.8. The lowest BCUT2D eigenvalue weighted by Crippen LogP contribution is -2.35. The summed E-state index contributed by atoms with van der Waals surface area (Å²) in [4.78, 5) is 25.9. The normalized spacial score (nSPS) is 16.5. The second-order valence-corrected chi connectivity index (χ2v) is 7.01. The summed E-state index contributed by atoms with van der Waals surface area (Å²) >= 11 is 3.17. The average molecular weight is 425 g/mol. The first-order chi connectivity index (χ1) is 12.5. The Kier molecular flexibility index (Phi) is 5.90. The monoisotopic (exact) mass is 424 g/mol. The van der Waals surface area contributed by atoms with Gasteiger partial charge in [-0.3, -0.25) is 9.47 Å². The predicted octanol–water partition coefficient (Wildman–Crippen LogP) is 1.33. The molecule has 26 heavy (non-hydrogen) atoms. The molecule has 0 unspecified atom stereocenters. The van der Waals surface area contributed by atoms with Crippen LogP contribution in [0.15, 0.2) is 33.8 Å². The highest BCUT2D eigenvalue weighted by atomic mass is 79.9. The average Bonchev–Trinajstić information content (AvgIpc) is 2.90. The van der Waals surface area contributed by atoms with Crippen molar-refractivity contribution in [1.29, 1.82) is 0 Å². The quantitative estimate of drug-likeness (QED) is 0.752. The van der Waals surface area contributed by atoms with E-state index in [0.717, 1.165) is 43.0 Å². The Morgan fingerprint density at radius 3 is 2.38 bits per heavy atom. The molecule has 8 nitrogen and oxygen atoms in total. The van der Waals surface area contributed by atoms with Gasteiger partial charge in [-0.25, -0.2) is 14.3 Å². The lowest BCUT2D eigenvalue weighted by atomic mass is 10.1. The zero-order chi connectivity index (χ0) is 18.7. The molecule has 3 rings (SSSR count). The third-order valence-electron chi connectivity index (χ3n) is 4.44. The first-order valence-corrected chi connectivity index (χ1v) is 9.20. The van der Waals surface area contributed by atoms with Gasteiger partial charge in [0.2, 0.25) is 4.73 Å². The van der Waals surface area contributed by atoms with E-state index in [1.54, 1.807) is 0 Å². The number of benzene rings is 1. The summed E-state index contributed by atoms with van der Waals surface area (Å²) in [5, 5.41) is 13.2. The van der Waals surface area contributed by atoms with Crippen molar-refractivity contribution in [2.75, 3.05) is 26.3 Å². The first-order valence-electron chi connectivity index (χ1n) is 8.41. The van der Waals surface area contributed by atoms with Crippen LogP contribution < -0.4 is 5.69 Å². The maximum atomic E-state index is 12.4. The number of aromatic nitrogens is 3. The largest absolute Gasteiger partial charge is 0.480 e. The van der Waals surface area contributed by atoms with Gasteiger partial charge in [0, 0.05) is 19.6 Å². The van der Waals surface area contributed by atoms with Crippen LogP contribution in [-0.2, 0) is 22.6 Å². The molecular formula is C17H21BrN4O4. The van der Waals surface area contributed by atoms with Gasteiger partial charge < -0.3 is 9.84 Å². The second kappa shape index (κ2) is 8.15. The summed E-state index contributed by atoms with van der Waals surface area (Å²) in [5.41, 5.74) is 1.68. The number of rotatable bonds is 6. The number of nitrogens with zero attached hydrogens (tertiary/aromatic N) is 4. The van der Waals surface area contributed by atoms with E-state index in [-0.39, 0.29) is 11.3 Å². The van der Waals surface area contributed by atoms with Gasteiger partial charge in [0.1, 0.15) is 6.04 Å². The minimum atomic E-state index is -1.08. The van der Waals surface area contributed by atoms with Gasteiger partial charge in [-0.15, -0.1) is 5.10 Å². The van der Waals surface area contributed by atoms with E-state index in [0.29, 0.717) is 0 Å². The van der Waals surface area contributed by atoms with Crippen LogP contribution in [0.1, 0.15) is 24.1 Å². The minimum Gasteiger partial charge on any atom is -0.480 e. The van der Waals surface area contributed by atoms with E-state index in [4.69, 9.17) is 9.84 Å². The number of hydrogen-bond acceptors (Lipinski definition) is 5. The summed E-state index contributed by atoms with van der Waals surface area (Å²) in [6.45, 7) is 6.02. The molecule has 1 aromatic heterocycles. The Balaban J connectivity index is 1.70. The molecule has 1 aliphatic heterocycles. The Hall–Kier alpha value is -1.97. The molecule has 1 saturated heterocycles. The van der Waals surface area contributed by atoms with Crippen LogP contribution in [-0.4, -0.2) is 56.6 Å². The zero-order valence-electron chi connectivity index (χ0n) is 14.5. The number of hydrogen-bond donors (Lipinski definition) is 1. The summed E-state index contributed by atoms with van der Waals surface area (Å²) in [6, 6.07) is 7.04. The molecule has 2 aromatic rings. The van der Waals surface area contributed by atoms with Gasteiger partial charge in [-0.1, -0.05) is 24.3 Å². The zero-order valence-corrected chi connectivity index (χ0v) is 16.1. The van der Waals surface area contributed by atoms with Crippen LogP contribution in [0.25, 0.3) is 0 Å². The number of morpholine rings is 1. The van der Waals surface area contributed by atoms with E-state index >= 15 is 0 Å². The van der Waals surface area contributed by atoms with E-state index in [1.807, 2.05) is 24.3 Å². The van der Waals surface area contributed by atoms with Crippen molar-refractivity contribution >= 4 is 21.9 Å². The van der Waals surface area contributed by atoms with E-state index in [9.17, 15) is 9.59 Å². The van der Waals surface area contributed by atoms with Gasteiger partial charge in [-0.05, 0) is 34.0 Å². The molecule has 140 valence electrons. The molecule has 0 bridgehead atoms. The molecule has 1 N–H and O–H groups in total. The molecule has 2 heterocycles. The molecule has 1 aliphatic rings. The van der Waals surface area contributed by atoms with Gasteiger partial charge in [0.15, 0.2) is 0 Å². The van der Waals surface area contributed by atoms with Crippen LogP contribution in [0.2, 0.25) is 0 Å². The maximum absolute atomic E-state index is 12.4. The lowest BCUT2D eigenvalue weighted by molar-refractivity contribution is -0.140. The molecule has 0 amide bonds.